The van der Waals surface area contributed by atoms with E-state index in [1.165, 1.54) is 11.8 Å². The molecule has 0 saturated heterocycles. The number of thioether (sulfide) groups is 1. The monoisotopic (exact) mass is 364 g/mol. The van der Waals surface area contributed by atoms with Crippen molar-refractivity contribution in [2.75, 3.05) is 5.75 Å². The Balaban J connectivity index is 2.27. The van der Waals surface area contributed by atoms with Gasteiger partial charge in [0, 0.05) is 18.3 Å². The van der Waals surface area contributed by atoms with Crippen LogP contribution in [0.25, 0.3) is 11.0 Å². The van der Waals surface area contributed by atoms with Gasteiger partial charge in [-0.3, -0.25) is 14.2 Å². The van der Waals surface area contributed by atoms with Crippen LogP contribution >= 0.6 is 11.8 Å². The number of hydrogen-bond acceptors (Lipinski definition) is 4. The van der Waals surface area contributed by atoms with E-state index in [0.717, 1.165) is 18.5 Å². The van der Waals surface area contributed by atoms with Crippen LogP contribution in [0.1, 0.15) is 46.2 Å². The fourth-order valence-corrected chi connectivity index (χ4v) is 3.29. The number of carbonyl (C=O) groups excluding carboxylic acids is 1. The van der Waals surface area contributed by atoms with Gasteiger partial charge >= 0.3 is 0 Å². The largest absolute Gasteiger partial charge is 0.353 e. The SMILES string of the molecule is CC[C@H](C)NC(=O)CSc1nc2cc(C)[nH]c2c(=O)n1CCC(C)C. The lowest BCUT2D eigenvalue weighted by Gasteiger charge is -2.14. The first-order chi connectivity index (χ1) is 11.8. The molecule has 0 aliphatic heterocycles. The fraction of sp³-hybridized carbons (Fsp3) is 0.611. The maximum Gasteiger partial charge on any atom is 0.278 e. The molecule has 0 unspecified atom stereocenters. The average molecular weight is 365 g/mol. The summed E-state index contributed by atoms with van der Waals surface area (Å²) < 4.78 is 1.69. The molecule has 0 aromatic carbocycles. The van der Waals surface area contributed by atoms with Crippen LogP contribution in [0.2, 0.25) is 0 Å². The number of carbonyl (C=O) groups is 1. The van der Waals surface area contributed by atoms with E-state index < -0.39 is 0 Å². The molecule has 138 valence electrons. The van der Waals surface area contributed by atoms with Gasteiger partial charge < -0.3 is 10.3 Å². The van der Waals surface area contributed by atoms with Crippen molar-refractivity contribution in [3.63, 3.8) is 0 Å². The number of amides is 1. The van der Waals surface area contributed by atoms with Crippen LogP contribution in [-0.4, -0.2) is 32.2 Å². The molecule has 1 atom stereocenters. The lowest BCUT2D eigenvalue weighted by atomic mass is 10.1. The number of aromatic amines is 1. The molecule has 7 heteroatoms. The molecule has 2 rings (SSSR count). The Hall–Kier alpha value is -1.76. The van der Waals surface area contributed by atoms with Gasteiger partial charge in [-0.05, 0) is 38.7 Å². The number of fused-ring (bicyclic) bond motifs is 1. The predicted molar refractivity (Wildman–Crippen MR) is 103 cm³/mol. The van der Waals surface area contributed by atoms with Crippen LogP contribution in [0.4, 0.5) is 0 Å². The summed E-state index contributed by atoms with van der Waals surface area (Å²) in [6, 6.07) is 2.02. The Kier molecular flexibility index (Phi) is 6.70. The number of H-pyrrole nitrogens is 1. The number of aromatic nitrogens is 3. The highest BCUT2D eigenvalue weighted by molar-refractivity contribution is 7.99. The van der Waals surface area contributed by atoms with Gasteiger partial charge in [0.1, 0.15) is 5.52 Å². The quantitative estimate of drug-likeness (QED) is 0.557. The van der Waals surface area contributed by atoms with E-state index in [1.807, 2.05) is 26.8 Å². The van der Waals surface area contributed by atoms with Crippen LogP contribution in [0, 0.1) is 12.8 Å². The molecule has 0 radical (unpaired) electrons. The van der Waals surface area contributed by atoms with Gasteiger partial charge in [0.25, 0.3) is 5.56 Å². The highest BCUT2D eigenvalue weighted by atomic mass is 32.2. The Morgan fingerprint density at radius 1 is 1.40 bits per heavy atom. The lowest BCUT2D eigenvalue weighted by molar-refractivity contribution is -0.119. The third-order valence-electron chi connectivity index (χ3n) is 4.12. The van der Waals surface area contributed by atoms with Gasteiger partial charge in [-0.25, -0.2) is 4.98 Å². The average Bonchev–Trinajstić information content (AvgIpc) is 2.92. The van der Waals surface area contributed by atoms with Crippen LogP contribution in [-0.2, 0) is 11.3 Å². The van der Waals surface area contributed by atoms with Gasteiger partial charge in [-0.15, -0.1) is 0 Å². The Bertz CT molecular complexity index is 794. The molecular formula is C18H28N4O2S. The minimum atomic E-state index is -0.0661. The maximum absolute atomic E-state index is 12.8. The molecule has 2 aromatic heterocycles. The third kappa shape index (κ3) is 5.11. The number of hydrogen-bond donors (Lipinski definition) is 2. The van der Waals surface area contributed by atoms with E-state index in [-0.39, 0.29) is 23.3 Å². The van der Waals surface area contributed by atoms with E-state index >= 15 is 0 Å². The lowest BCUT2D eigenvalue weighted by Crippen LogP contribution is -2.33. The van der Waals surface area contributed by atoms with Crippen molar-refractivity contribution in [3.8, 4) is 0 Å². The summed E-state index contributed by atoms with van der Waals surface area (Å²) in [6.07, 6.45) is 1.78. The highest BCUT2D eigenvalue weighted by Gasteiger charge is 2.15. The minimum Gasteiger partial charge on any atom is -0.353 e. The molecule has 25 heavy (non-hydrogen) atoms. The molecule has 0 spiro atoms. The second-order valence-electron chi connectivity index (χ2n) is 6.91. The molecule has 0 bridgehead atoms. The van der Waals surface area contributed by atoms with Crippen LogP contribution < -0.4 is 10.9 Å². The van der Waals surface area contributed by atoms with Crippen LogP contribution in [0.15, 0.2) is 16.0 Å². The summed E-state index contributed by atoms with van der Waals surface area (Å²) >= 11 is 1.32. The van der Waals surface area contributed by atoms with E-state index in [0.29, 0.717) is 28.7 Å². The zero-order valence-corrected chi connectivity index (χ0v) is 16.5. The third-order valence-corrected chi connectivity index (χ3v) is 5.10. The van der Waals surface area contributed by atoms with Gasteiger partial charge in [0.2, 0.25) is 5.91 Å². The molecule has 0 aliphatic carbocycles. The van der Waals surface area contributed by atoms with E-state index in [2.05, 4.69) is 29.1 Å². The second kappa shape index (κ2) is 8.56. The second-order valence-corrected chi connectivity index (χ2v) is 7.85. The molecule has 0 fully saturated rings. The summed E-state index contributed by atoms with van der Waals surface area (Å²) in [6.45, 7) is 10.8. The predicted octanol–water partition coefficient (Wildman–Crippen LogP) is 3.09. The van der Waals surface area contributed by atoms with Gasteiger partial charge in [-0.2, -0.15) is 0 Å². The molecule has 0 aliphatic rings. The molecule has 6 nitrogen and oxygen atoms in total. The number of nitrogens with one attached hydrogen (secondary N) is 2. The van der Waals surface area contributed by atoms with Gasteiger partial charge in [0.05, 0.1) is 11.3 Å². The van der Waals surface area contributed by atoms with Crippen molar-refractivity contribution >= 4 is 28.7 Å². The number of rotatable bonds is 8. The zero-order valence-electron chi connectivity index (χ0n) is 15.7. The molecular weight excluding hydrogens is 336 g/mol. The first kappa shape index (κ1) is 19.6. The summed E-state index contributed by atoms with van der Waals surface area (Å²) in [4.78, 5) is 32.6. The van der Waals surface area contributed by atoms with Crippen molar-refractivity contribution in [3.05, 3.63) is 22.1 Å². The molecule has 2 aromatic rings. The Morgan fingerprint density at radius 2 is 2.12 bits per heavy atom. The summed E-state index contributed by atoms with van der Waals surface area (Å²) in [5.41, 5.74) is 2.04. The first-order valence-corrected chi connectivity index (χ1v) is 9.82. The van der Waals surface area contributed by atoms with Crippen molar-refractivity contribution < 1.29 is 4.79 Å². The maximum atomic E-state index is 12.8. The number of nitrogens with zero attached hydrogens (tertiary/aromatic N) is 2. The van der Waals surface area contributed by atoms with Crippen molar-refractivity contribution in [1.29, 1.82) is 0 Å². The van der Waals surface area contributed by atoms with Crippen molar-refractivity contribution in [1.82, 2.24) is 19.9 Å². The minimum absolute atomic E-state index is 0.0330. The Morgan fingerprint density at radius 3 is 2.76 bits per heavy atom. The summed E-state index contributed by atoms with van der Waals surface area (Å²) in [7, 11) is 0. The van der Waals surface area contributed by atoms with Crippen LogP contribution in [0.3, 0.4) is 0 Å². The van der Waals surface area contributed by atoms with Gasteiger partial charge in [-0.1, -0.05) is 32.5 Å². The normalized spacial score (nSPS) is 12.7. The van der Waals surface area contributed by atoms with Gasteiger partial charge in [0.15, 0.2) is 5.16 Å². The topological polar surface area (TPSA) is 79.8 Å². The zero-order chi connectivity index (χ0) is 18.6. The molecule has 1 amide bonds. The van der Waals surface area contributed by atoms with E-state index in [4.69, 9.17) is 0 Å². The van der Waals surface area contributed by atoms with E-state index in [9.17, 15) is 9.59 Å². The summed E-state index contributed by atoms with van der Waals surface area (Å²) in [5, 5.41) is 3.55. The smallest absolute Gasteiger partial charge is 0.278 e. The summed E-state index contributed by atoms with van der Waals surface area (Å²) in [5.74, 6) is 0.710. The van der Waals surface area contributed by atoms with E-state index in [1.54, 1.807) is 4.57 Å². The highest BCUT2D eigenvalue weighted by Crippen LogP contribution is 2.19. The fourth-order valence-electron chi connectivity index (χ4n) is 2.45. The first-order valence-electron chi connectivity index (χ1n) is 8.84. The number of aryl methyl sites for hydroxylation is 1. The van der Waals surface area contributed by atoms with Crippen molar-refractivity contribution in [2.24, 2.45) is 5.92 Å². The van der Waals surface area contributed by atoms with Crippen molar-refractivity contribution in [2.45, 2.75) is 65.2 Å². The molecule has 0 saturated carbocycles. The standard InChI is InChI=1S/C18H28N4O2S/c1-6-12(4)19-15(23)10-25-18-21-14-9-13(5)20-16(14)17(24)22(18)8-7-11(2)3/h9,11-12,20H,6-8,10H2,1-5H3,(H,19,23)/t12-/m0/s1. The molecule has 2 N–H and O–H groups in total. The molecule has 2 heterocycles. The Labute approximate surface area is 152 Å². The van der Waals surface area contributed by atoms with Crippen LogP contribution in [0.5, 0.6) is 0 Å².